The minimum Gasteiger partial charge on any atom is -0.480 e. The highest BCUT2D eigenvalue weighted by Gasteiger charge is 2.36. The highest BCUT2D eigenvalue weighted by molar-refractivity contribution is 5.95. The van der Waals surface area contributed by atoms with Gasteiger partial charge in [-0.1, -0.05) is 0 Å². The van der Waals surface area contributed by atoms with Crippen LogP contribution in [0.1, 0.15) is 34.7 Å². The molecule has 1 N–H and O–H groups in total. The van der Waals surface area contributed by atoms with E-state index in [0.717, 1.165) is 12.0 Å². The molecule has 0 spiro atoms. The monoisotopic (exact) mass is 237 g/mol. The van der Waals surface area contributed by atoms with E-state index in [-0.39, 0.29) is 11.7 Å². The Balaban J connectivity index is 2.25. The first-order valence-corrected chi connectivity index (χ1v) is 5.61. The Morgan fingerprint density at radius 2 is 2.18 bits per heavy atom. The maximum Gasteiger partial charge on any atom is 0.326 e. The summed E-state index contributed by atoms with van der Waals surface area (Å²) in [7, 11) is 0. The van der Waals surface area contributed by atoms with E-state index in [9.17, 15) is 9.59 Å². The third-order valence-electron chi connectivity index (χ3n) is 3.03. The van der Waals surface area contributed by atoms with E-state index in [4.69, 9.17) is 9.52 Å². The van der Waals surface area contributed by atoms with Crippen molar-refractivity contribution < 1.29 is 19.1 Å². The van der Waals surface area contributed by atoms with E-state index >= 15 is 0 Å². The Hall–Kier alpha value is -1.78. The molecule has 0 aliphatic carbocycles. The van der Waals surface area contributed by atoms with Gasteiger partial charge >= 0.3 is 5.97 Å². The van der Waals surface area contributed by atoms with E-state index in [1.807, 2.05) is 0 Å². The number of hydrogen-bond donors (Lipinski definition) is 1. The number of aryl methyl sites for hydroxylation is 2. The summed E-state index contributed by atoms with van der Waals surface area (Å²) in [5, 5.41) is 9.03. The molecule has 0 aromatic carbocycles. The second-order valence-electron chi connectivity index (χ2n) is 4.36. The first-order valence-electron chi connectivity index (χ1n) is 5.61. The van der Waals surface area contributed by atoms with Gasteiger partial charge in [0, 0.05) is 12.1 Å². The van der Waals surface area contributed by atoms with Gasteiger partial charge in [0.1, 0.15) is 11.8 Å². The maximum absolute atomic E-state index is 12.2. The lowest BCUT2D eigenvalue weighted by molar-refractivity contribution is -0.141. The van der Waals surface area contributed by atoms with Crippen LogP contribution >= 0.6 is 0 Å². The molecule has 1 aliphatic heterocycles. The fourth-order valence-electron chi connectivity index (χ4n) is 2.25. The zero-order valence-electron chi connectivity index (χ0n) is 9.90. The lowest BCUT2D eigenvalue weighted by atomic mass is 10.2. The molecule has 1 saturated heterocycles. The van der Waals surface area contributed by atoms with Gasteiger partial charge < -0.3 is 14.4 Å². The molecule has 0 radical (unpaired) electrons. The van der Waals surface area contributed by atoms with E-state index < -0.39 is 12.0 Å². The summed E-state index contributed by atoms with van der Waals surface area (Å²) in [5.41, 5.74) is 0.753. The topological polar surface area (TPSA) is 70.8 Å². The van der Waals surface area contributed by atoms with Crippen LogP contribution in [-0.2, 0) is 4.79 Å². The number of furan rings is 1. The highest BCUT2D eigenvalue weighted by atomic mass is 16.4. The number of nitrogens with zero attached hydrogens (tertiary/aromatic N) is 1. The van der Waals surface area contributed by atoms with Gasteiger partial charge in [-0.3, -0.25) is 4.79 Å². The Bertz CT molecular complexity index is 463. The summed E-state index contributed by atoms with van der Waals surface area (Å²) in [6, 6.07) is 1.06. The van der Waals surface area contributed by atoms with Gasteiger partial charge in [-0.25, -0.2) is 4.79 Å². The maximum atomic E-state index is 12.2. The molecular weight excluding hydrogens is 222 g/mol. The Labute approximate surface area is 99.0 Å². The number of hydrogen-bond acceptors (Lipinski definition) is 3. The predicted octanol–water partition coefficient (Wildman–Crippen LogP) is 1.59. The summed E-state index contributed by atoms with van der Waals surface area (Å²) in [4.78, 5) is 24.6. The third-order valence-corrected chi connectivity index (χ3v) is 3.03. The smallest absolute Gasteiger partial charge is 0.326 e. The molecule has 0 unspecified atom stereocenters. The molecular formula is C12H15NO4. The zero-order chi connectivity index (χ0) is 12.6. The van der Waals surface area contributed by atoms with Crippen LogP contribution in [0.4, 0.5) is 0 Å². The summed E-state index contributed by atoms with van der Waals surface area (Å²) < 4.78 is 5.33. The van der Waals surface area contributed by atoms with Crippen LogP contribution in [0.25, 0.3) is 0 Å². The highest BCUT2D eigenvalue weighted by Crippen LogP contribution is 2.23. The number of carboxylic acids is 1. The minimum absolute atomic E-state index is 0.260. The molecule has 0 saturated carbocycles. The Morgan fingerprint density at radius 3 is 2.71 bits per heavy atom. The quantitative estimate of drug-likeness (QED) is 0.847. The molecule has 2 heterocycles. The number of amides is 1. The van der Waals surface area contributed by atoms with E-state index in [2.05, 4.69) is 0 Å². The SMILES string of the molecule is Cc1cc(C)c(C(=O)N2CCC[C@H]2C(=O)O)o1. The third kappa shape index (κ3) is 2.05. The number of carboxylic acid groups (broad SMARTS) is 1. The molecule has 1 fully saturated rings. The second-order valence-corrected chi connectivity index (χ2v) is 4.36. The van der Waals surface area contributed by atoms with Crippen LogP contribution in [0, 0.1) is 13.8 Å². The van der Waals surface area contributed by atoms with Gasteiger partial charge in [0.15, 0.2) is 5.76 Å². The fraction of sp³-hybridized carbons (Fsp3) is 0.500. The van der Waals surface area contributed by atoms with Crippen LogP contribution in [0.2, 0.25) is 0 Å². The van der Waals surface area contributed by atoms with Crippen LogP contribution in [0.5, 0.6) is 0 Å². The molecule has 17 heavy (non-hydrogen) atoms. The van der Waals surface area contributed by atoms with Crippen molar-refractivity contribution in [3.05, 3.63) is 23.2 Å². The normalized spacial score (nSPS) is 19.6. The largest absolute Gasteiger partial charge is 0.480 e. The number of carbonyl (C=O) groups is 2. The van der Waals surface area contributed by atoms with Gasteiger partial charge in [-0.05, 0) is 32.8 Å². The van der Waals surface area contributed by atoms with E-state index in [1.54, 1.807) is 19.9 Å². The fourth-order valence-corrected chi connectivity index (χ4v) is 2.25. The van der Waals surface area contributed by atoms with Crippen LogP contribution in [0.3, 0.4) is 0 Å². The zero-order valence-corrected chi connectivity index (χ0v) is 9.90. The number of aliphatic carboxylic acids is 1. The first kappa shape index (κ1) is 11.7. The van der Waals surface area contributed by atoms with Crippen LogP contribution in [0.15, 0.2) is 10.5 Å². The summed E-state index contributed by atoms with van der Waals surface area (Å²) in [5.74, 6) is -0.343. The van der Waals surface area contributed by atoms with Gasteiger partial charge in [0.25, 0.3) is 5.91 Å². The standard InChI is InChI=1S/C12H15NO4/c1-7-6-8(2)17-10(7)11(14)13-5-3-4-9(13)12(15)16/h6,9H,3-5H2,1-2H3,(H,15,16)/t9-/m0/s1. The van der Waals surface area contributed by atoms with Crippen molar-refractivity contribution in [1.29, 1.82) is 0 Å². The lowest BCUT2D eigenvalue weighted by Gasteiger charge is -2.20. The van der Waals surface area contributed by atoms with Crippen molar-refractivity contribution in [2.24, 2.45) is 0 Å². The Kier molecular flexibility index (Phi) is 2.92. The van der Waals surface area contributed by atoms with Crippen LogP contribution in [-0.4, -0.2) is 34.5 Å². The van der Waals surface area contributed by atoms with Crippen molar-refractivity contribution in [2.75, 3.05) is 6.54 Å². The van der Waals surface area contributed by atoms with Crippen molar-refractivity contribution in [2.45, 2.75) is 32.7 Å². The minimum atomic E-state index is -0.947. The molecule has 1 aromatic heterocycles. The second kappa shape index (κ2) is 4.24. The average Bonchev–Trinajstić information content (AvgIpc) is 2.83. The molecule has 5 heteroatoms. The first-order chi connectivity index (χ1) is 8.00. The van der Waals surface area contributed by atoms with Crippen molar-refractivity contribution in [3.63, 3.8) is 0 Å². The van der Waals surface area contributed by atoms with E-state index in [1.165, 1.54) is 4.90 Å². The number of rotatable bonds is 2. The molecule has 2 rings (SSSR count). The van der Waals surface area contributed by atoms with Crippen molar-refractivity contribution in [3.8, 4) is 0 Å². The van der Waals surface area contributed by atoms with Gasteiger partial charge in [0.05, 0.1) is 0 Å². The molecule has 1 atom stereocenters. The molecule has 1 aromatic rings. The molecule has 5 nitrogen and oxygen atoms in total. The number of likely N-dealkylation sites (tertiary alicyclic amines) is 1. The van der Waals surface area contributed by atoms with Crippen LogP contribution < -0.4 is 0 Å². The molecule has 92 valence electrons. The summed E-state index contributed by atoms with van der Waals surface area (Å²) >= 11 is 0. The molecule has 1 aliphatic rings. The van der Waals surface area contributed by atoms with Gasteiger partial charge in [0.2, 0.25) is 0 Å². The average molecular weight is 237 g/mol. The predicted molar refractivity (Wildman–Crippen MR) is 59.9 cm³/mol. The summed E-state index contributed by atoms with van der Waals surface area (Å²) in [6.07, 6.45) is 1.24. The van der Waals surface area contributed by atoms with Crippen molar-refractivity contribution >= 4 is 11.9 Å². The van der Waals surface area contributed by atoms with Gasteiger partial charge in [-0.15, -0.1) is 0 Å². The van der Waals surface area contributed by atoms with Gasteiger partial charge in [-0.2, -0.15) is 0 Å². The summed E-state index contributed by atoms with van der Waals surface area (Å²) in [6.45, 7) is 4.03. The number of carbonyl (C=O) groups excluding carboxylic acids is 1. The molecule has 0 bridgehead atoms. The lowest BCUT2D eigenvalue weighted by Crippen LogP contribution is -2.40. The molecule has 1 amide bonds. The Morgan fingerprint density at radius 1 is 1.47 bits per heavy atom. The van der Waals surface area contributed by atoms with Crippen molar-refractivity contribution in [1.82, 2.24) is 4.90 Å². The van der Waals surface area contributed by atoms with E-state index in [0.29, 0.717) is 18.7 Å².